The molecule has 3 nitrogen and oxygen atoms in total. The maximum atomic E-state index is 10.7. The molecule has 0 radical (unpaired) electrons. The number of aliphatic carboxylic acids is 1. The summed E-state index contributed by atoms with van der Waals surface area (Å²) in [5, 5.41) is 9.81. The molecule has 0 aliphatic carbocycles. The van der Waals surface area contributed by atoms with E-state index >= 15 is 0 Å². The number of benzene rings is 2. The smallest absolute Gasteiger partial charge is 0.303 e. The van der Waals surface area contributed by atoms with Gasteiger partial charge in [-0.1, -0.05) is 29.5 Å². The molecule has 3 rings (SSSR count). The maximum Gasteiger partial charge on any atom is 0.303 e. The summed E-state index contributed by atoms with van der Waals surface area (Å²) in [6, 6.07) is 13.9. The van der Waals surface area contributed by atoms with E-state index in [2.05, 4.69) is 18.8 Å². The SMILES string of the molecule is Cc1ccc(C#Cc2ccc3oc(CCC(=O)O)c(C)c3c2)cc1. The van der Waals surface area contributed by atoms with Gasteiger partial charge in [0.25, 0.3) is 0 Å². The van der Waals surface area contributed by atoms with E-state index in [0.29, 0.717) is 6.42 Å². The van der Waals surface area contributed by atoms with Crippen LogP contribution in [-0.2, 0) is 11.2 Å². The first kappa shape index (κ1) is 15.9. The van der Waals surface area contributed by atoms with Gasteiger partial charge in [-0.05, 0) is 49.7 Å². The minimum atomic E-state index is -0.820. The summed E-state index contributed by atoms with van der Waals surface area (Å²) in [4.78, 5) is 10.7. The molecule has 0 saturated carbocycles. The van der Waals surface area contributed by atoms with Crippen LogP contribution in [0.3, 0.4) is 0 Å². The van der Waals surface area contributed by atoms with Crippen LogP contribution in [0.1, 0.15) is 34.4 Å². The molecule has 1 N–H and O–H groups in total. The topological polar surface area (TPSA) is 50.4 Å². The van der Waals surface area contributed by atoms with Crippen molar-refractivity contribution in [3.63, 3.8) is 0 Å². The van der Waals surface area contributed by atoms with Crippen LogP contribution >= 0.6 is 0 Å². The summed E-state index contributed by atoms with van der Waals surface area (Å²) in [7, 11) is 0. The van der Waals surface area contributed by atoms with Crippen molar-refractivity contribution >= 4 is 16.9 Å². The van der Waals surface area contributed by atoms with Gasteiger partial charge in [-0.25, -0.2) is 0 Å². The van der Waals surface area contributed by atoms with Crippen LogP contribution < -0.4 is 0 Å². The standard InChI is InChI=1S/C21H18O3/c1-14-3-5-16(6-4-14)7-8-17-9-10-20-18(13-17)15(2)19(24-20)11-12-21(22)23/h3-6,9-10,13H,11-12H2,1-2H3,(H,22,23). The number of aryl methyl sites for hydroxylation is 3. The molecule has 3 aromatic rings. The van der Waals surface area contributed by atoms with Crippen molar-refractivity contribution < 1.29 is 14.3 Å². The summed E-state index contributed by atoms with van der Waals surface area (Å²) >= 11 is 0. The molecule has 120 valence electrons. The van der Waals surface area contributed by atoms with E-state index in [9.17, 15) is 4.79 Å². The lowest BCUT2D eigenvalue weighted by molar-refractivity contribution is -0.137. The van der Waals surface area contributed by atoms with Crippen LogP contribution in [0, 0.1) is 25.7 Å². The van der Waals surface area contributed by atoms with Crippen LogP contribution in [0.25, 0.3) is 11.0 Å². The third-order valence-corrected chi connectivity index (χ3v) is 4.00. The van der Waals surface area contributed by atoms with Crippen LogP contribution in [0.2, 0.25) is 0 Å². The zero-order valence-electron chi connectivity index (χ0n) is 13.7. The van der Waals surface area contributed by atoms with Gasteiger partial charge >= 0.3 is 5.97 Å². The van der Waals surface area contributed by atoms with Crippen molar-refractivity contribution in [2.45, 2.75) is 26.7 Å². The highest BCUT2D eigenvalue weighted by molar-refractivity contribution is 5.83. The Morgan fingerprint density at radius 3 is 2.42 bits per heavy atom. The minimum absolute atomic E-state index is 0.0702. The number of carbonyl (C=O) groups is 1. The lowest BCUT2D eigenvalue weighted by atomic mass is 10.1. The molecule has 2 aromatic carbocycles. The van der Waals surface area contributed by atoms with Gasteiger partial charge in [-0.2, -0.15) is 0 Å². The molecule has 1 heterocycles. The van der Waals surface area contributed by atoms with E-state index < -0.39 is 5.97 Å². The molecule has 0 aliphatic heterocycles. The van der Waals surface area contributed by atoms with E-state index in [-0.39, 0.29) is 6.42 Å². The Labute approximate surface area is 140 Å². The first-order chi connectivity index (χ1) is 11.5. The first-order valence-corrected chi connectivity index (χ1v) is 7.85. The molecule has 0 fully saturated rings. The zero-order chi connectivity index (χ0) is 17.1. The highest BCUT2D eigenvalue weighted by Gasteiger charge is 2.12. The summed E-state index contributed by atoms with van der Waals surface area (Å²) < 4.78 is 5.77. The van der Waals surface area contributed by atoms with E-state index in [1.807, 2.05) is 49.4 Å². The summed E-state index contributed by atoms with van der Waals surface area (Å²) in [5.41, 5.74) is 4.87. The van der Waals surface area contributed by atoms with E-state index in [0.717, 1.165) is 33.4 Å². The van der Waals surface area contributed by atoms with Gasteiger partial charge in [0, 0.05) is 22.9 Å². The molecule has 0 saturated heterocycles. The molecule has 0 atom stereocenters. The summed E-state index contributed by atoms with van der Waals surface area (Å²) in [6.07, 6.45) is 0.473. The van der Waals surface area contributed by atoms with Crippen molar-refractivity contribution in [1.82, 2.24) is 0 Å². The van der Waals surface area contributed by atoms with Crippen molar-refractivity contribution in [3.8, 4) is 11.8 Å². The quantitative estimate of drug-likeness (QED) is 0.725. The van der Waals surface area contributed by atoms with Crippen LogP contribution in [-0.4, -0.2) is 11.1 Å². The fourth-order valence-corrected chi connectivity index (χ4v) is 2.59. The van der Waals surface area contributed by atoms with Crippen LogP contribution in [0.15, 0.2) is 46.9 Å². The Morgan fingerprint density at radius 1 is 1.04 bits per heavy atom. The number of rotatable bonds is 3. The molecule has 3 heteroatoms. The number of hydrogen-bond donors (Lipinski definition) is 1. The monoisotopic (exact) mass is 318 g/mol. The molecule has 0 bridgehead atoms. The van der Waals surface area contributed by atoms with Crippen molar-refractivity contribution in [2.24, 2.45) is 0 Å². The fraction of sp³-hybridized carbons (Fsp3) is 0.190. The second kappa shape index (κ2) is 6.64. The Kier molecular flexibility index (Phi) is 4.39. The maximum absolute atomic E-state index is 10.7. The van der Waals surface area contributed by atoms with Gasteiger partial charge in [0.05, 0.1) is 6.42 Å². The molecule has 24 heavy (non-hydrogen) atoms. The van der Waals surface area contributed by atoms with Gasteiger partial charge in [-0.15, -0.1) is 0 Å². The molecule has 1 aromatic heterocycles. The van der Waals surface area contributed by atoms with Crippen LogP contribution in [0.5, 0.6) is 0 Å². The summed E-state index contributed by atoms with van der Waals surface area (Å²) in [6.45, 7) is 4.01. The molecular weight excluding hydrogens is 300 g/mol. The number of carboxylic acid groups (broad SMARTS) is 1. The first-order valence-electron chi connectivity index (χ1n) is 7.85. The molecular formula is C21H18O3. The lowest BCUT2D eigenvalue weighted by Crippen LogP contribution is -1.97. The third kappa shape index (κ3) is 3.49. The Balaban J connectivity index is 1.89. The number of fused-ring (bicyclic) bond motifs is 1. The number of furan rings is 1. The molecule has 0 unspecified atom stereocenters. The second-order valence-corrected chi connectivity index (χ2v) is 5.87. The Morgan fingerprint density at radius 2 is 1.71 bits per heavy atom. The van der Waals surface area contributed by atoms with Gasteiger partial charge in [0.2, 0.25) is 0 Å². The minimum Gasteiger partial charge on any atom is -0.481 e. The third-order valence-electron chi connectivity index (χ3n) is 4.00. The average Bonchev–Trinajstić information content (AvgIpc) is 2.88. The second-order valence-electron chi connectivity index (χ2n) is 5.87. The molecule has 0 spiro atoms. The fourth-order valence-electron chi connectivity index (χ4n) is 2.59. The number of carboxylic acids is 1. The molecule has 0 amide bonds. The van der Waals surface area contributed by atoms with Crippen molar-refractivity contribution in [2.75, 3.05) is 0 Å². The van der Waals surface area contributed by atoms with Crippen molar-refractivity contribution in [3.05, 3.63) is 70.5 Å². The Bertz CT molecular complexity index is 950. The van der Waals surface area contributed by atoms with E-state index in [1.54, 1.807) is 0 Å². The molecule has 0 aliphatic rings. The van der Waals surface area contributed by atoms with Crippen LogP contribution in [0.4, 0.5) is 0 Å². The highest BCUT2D eigenvalue weighted by atomic mass is 16.4. The normalized spacial score (nSPS) is 10.4. The predicted molar refractivity (Wildman–Crippen MR) is 94.1 cm³/mol. The van der Waals surface area contributed by atoms with Gasteiger partial charge in [0.1, 0.15) is 11.3 Å². The van der Waals surface area contributed by atoms with Gasteiger partial charge in [0.15, 0.2) is 0 Å². The van der Waals surface area contributed by atoms with E-state index in [4.69, 9.17) is 9.52 Å². The largest absolute Gasteiger partial charge is 0.481 e. The van der Waals surface area contributed by atoms with Crippen molar-refractivity contribution in [1.29, 1.82) is 0 Å². The Hall–Kier alpha value is -2.99. The number of hydrogen-bond acceptors (Lipinski definition) is 2. The van der Waals surface area contributed by atoms with E-state index in [1.165, 1.54) is 5.56 Å². The average molecular weight is 318 g/mol. The summed E-state index contributed by atoms with van der Waals surface area (Å²) in [5.74, 6) is 6.25. The predicted octanol–water partition coefficient (Wildman–Crippen LogP) is 4.47. The van der Waals surface area contributed by atoms with Gasteiger partial charge < -0.3 is 9.52 Å². The van der Waals surface area contributed by atoms with Gasteiger partial charge in [-0.3, -0.25) is 4.79 Å². The highest BCUT2D eigenvalue weighted by Crippen LogP contribution is 2.27. The zero-order valence-corrected chi connectivity index (χ0v) is 13.7. The lowest BCUT2D eigenvalue weighted by Gasteiger charge is -1.95.